The van der Waals surface area contributed by atoms with Gasteiger partial charge in [-0.2, -0.15) is 18.4 Å². The molecule has 0 aliphatic heterocycles. The zero-order valence-electron chi connectivity index (χ0n) is 11.9. The first-order chi connectivity index (χ1) is 11.1. The van der Waals surface area contributed by atoms with Gasteiger partial charge in [0, 0.05) is 17.8 Å². The Morgan fingerprint density at radius 1 is 1.38 bits per heavy atom. The van der Waals surface area contributed by atoms with Gasteiger partial charge in [0.15, 0.2) is 0 Å². The van der Waals surface area contributed by atoms with Crippen LogP contribution in [0.25, 0.3) is 0 Å². The minimum Gasteiger partial charge on any atom is -0.481 e. The third kappa shape index (κ3) is 5.81. The quantitative estimate of drug-likeness (QED) is 0.534. The van der Waals surface area contributed by atoms with Crippen LogP contribution in [-0.4, -0.2) is 23.5 Å². The Balaban J connectivity index is 2.92. The molecule has 1 aromatic carbocycles. The van der Waals surface area contributed by atoms with Crippen molar-refractivity contribution in [3.8, 4) is 6.07 Å². The molecule has 0 radical (unpaired) electrons. The van der Waals surface area contributed by atoms with Crippen molar-refractivity contribution in [2.24, 2.45) is 0 Å². The molecule has 0 bridgehead atoms. The van der Waals surface area contributed by atoms with Crippen LogP contribution in [0.4, 0.5) is 18.9 Å². The van der Waals surface area contributed by atoms with Gasteiger partial charge >= 0.3 is 12.1 Å². The molecule has 0 spiro atoms. The topological polar surface area (TPSA) is 102 Å². The number of carbonyl (C=O) groups excluding carboxylic acids is 1. The number of benzene rings is 1. The Morgan fingerprint density at radius 2 is 2.04 bits per heavy atom. The van der Waals surface area contributed by atoms with Crippen LogP contribution in [0.2, 0.25) is 5.02 Å². The lowest BCUT2D eigenvalue weighted by atomic mass is 10.1. The number of carboxylic acid groups (broad SMARTS) is 1. The van der Waals surface area contributed by atoms with E-state index in [2.05, 4.69) is 10.6 Å². The summed E-state index contributed by atoms with van der Waals surface area (Å²) in [5.74, 6) is -2.05. The van der Waals surface area contributed by atoms with Crippen LogP contribution in [-0.2, 0) is 15.8 Å². The molecule has 0 aromatic heterocycles. The van der Waals surface area contributed by atoms with Crippen molar-refractivity contribution in [3.05, 3.63) is 40.6 Å². The van der Waals surface area contributed by atoms with Crippen LogP contribution in [0.15, 0.2) is 30.0 Å². The van der Waals surface area contributed by atoms with Gasteiger partial charge in [-0.05, 0) is 18.2 Å². The Bertz CT molecular complexity index is 711. The fourth-order valence-corrected chi connectivity index (χ4v) is 1.73. The van der Waals surface area contributed by atoms with E-state index in [4.69, 9.17) is 22.0 Å². The summed E-state index contributed by atoms with van der Waals surface area (Å²) in [6, 6.07) is 4.49. The highest BCUT2D eigenvalue weighted by atomic mass is 35.5. The molecule has 1 rings (SSSR count). The van der Waals surface area contributed by atoms with Gasteiger partial charge in [0.05, 0.1) is 17.7 Å². The molecule has 0 atom stereocenters. The van der Waals surface area contributed by atoms with Crippen molar-refractivity contribution in [1.29, 1.82) is 5.26 Å². The van der Waals surface area contributed by atoms with Crippen LogP contribution in [0.5, 0.6) is 0 Å². The van der Waals surface area contributed by atoms with Gasteiger partial charge in [-0.25, -0.2) is 0 Å². The Morgan fingerprint density at radius 3 is 2.58 bits per heavy atom. The fraction of sp³-hybridized carbons (Fsp3) is 0.214. The van der Waals surface area contributed by atoms with Crippen LogP contribution < -0.4 is 10.6 Å². The third-order valence-corrected chi connectivity index (χ3v) is 2.88. The molecule has 24 heavy (non-hydrogen) atoms. The number of halogens is 4. The maximum Gasteiger partial charge on any atom is 0.418 e. The van der Waals surface area contributed by atoms with Crippen molar-refractivity contribution in [1.82, 2.24) is 5.32 Å². The van der Waals surface area contributed by atoms with Gasteiger partial charge in [0.1, 0.15) is 11.6 Å². The van der Waals surface area contributed by atoms with E-state index in [9.17, 15) is 22.8 Å². The van der Waals surface area contributed by atoms with E-state index in [0.29, 0.717) is 6.07 Å². The molecule has 0 saturated heterocycles. The summed E-state index contributed by atoms with van der Waals surface area (Å²) in [4.78, 5) is 22.0. The maximum atomic E-state index is 12.9. The number of anilines is 1. The molecule has 3 N–H and O–H groups in total. The Labute approximate surface area is 139 Å². The van der Waals surface area contributed by atoms with E-state index in [-0.39, 0.29) is 18.0 Å². The average molecular weight is 362 g/mol. The van der Waals surface area contributed by atoms with E-state index in [0.717, 1.165) is 12.3 Å². The average Bonchev–Trinajstić information content (AvgIpc) is 2.47. The molecule has 0 heterocycles. The summed E-state index contributed by atoms with van der Waals surface area (Å²) in [7, 11) is 0. The van der Waals surface area contributed by atoms with E-state index in [1.54, 1.807) is 0 Å². The van der Waals surface area contributed by atoms with Gasteiger partial charge in [-0.1, -0.05) is 11.6 Å². The minimum absolute atomic E-state index is 0.122. The standard InChI is InChI=1S/C14H11ClF3N3O3/c15-9-1-2-11(10(5-9)14(16,17)18)21-7-8(6-19)13(24)20-4-3-12(22)23/h1-2,5,7,21H,3-4H2,(H,20,24)(H,22,23)/b8-7-. The van der Waals surface area contributed by atoms with Gasteiger partial charge < -0.3 is 15.7 Å². The molecule has 6 nitrogen and oxygen atoms in total. The zero-order chi connectivity index (χ0) is 18.3. The van der Waals surface area contributed by atoms with Gasteiger partial charge in [-0.3, -0.25) is 9.59 Å². The highest BCUT2D eigenvalue weighted by molar-refractivity contribution is 6.30. The fourth-order valence-electron chi connectivity index (χ4n) is 1.55. The smallest absolute Gasteiger partial charge is 0.418 e. The maximum absolute atomic E-state index is 12.9. The first kappa shape index (κ1) is 19.3. The van der Waals surface area contributed by atoms with Crippen molar-refractivity contribution >= 4 is 29.2 Å². The van der Waals surface area contributed by atoms with E-state index < -0.39 is 34.9 Å². The largest absolute Gasteiger partial charge is 0.481 e. The molecular weight excluding hydrogens is 351 g/mol. The van der Waals surface area contributed by atoms with Crippen LogP contribution in [0.3, 0.4) is 0 Å². The molecule has 128 valence electrons. The number of nitrogens with zero attached hydrogens (tertiary/aromatic N) is 1. The number of hydrogen-bond acceptors (Lipinski definition) is 4. The van der Waals surface area contributed by atoms with Crippen molar-refractivity contribution in [2.45, 2.75) is 12.6 Å². The number of aliphatic carboxylic acids is 1. The predicted octanol–water partition coefficient (Wildman–Crippen LogP) is 2.77. The van der Waals surface area contributed by atoms with E-state index >= 15 is 0 Å². The lowest BCUT2D eigenvalue weighted by Gasteiger charge is -2.13. The lowest BCUT2D eigenvalue weighted by molar-refractivity contribution is -0.137. The molecule has 0 fully saturated rings. The molecular formula is C14H11ClF3N3O3. The Hall–Kier alpha value is -2.73. The number of alkyl halides is 3. The molecule has 0 unspecified atom stereocenters. The zero-order valence-corrected chi connectivity index (χ0v) is 12.7. The molecule has 0 aliphatic carbocycles. The van der Waals surface area contributed by atoms with Crippen molar-refractivity contribution in [3.63, 3.8) is 0 Å². The molecule has 1 amide bonds. The number of carbonyl (C=O) groups is 2. The number of rotatable bonds is 6. The first-order valence-electron chi connectivity index (χ1n) is 6.38. The summed E-state index contributed by atoms with van der Waals surface area (Å²) in [6.45, 7) is -0.220. The van der Waals surface area contributed by atoms with E-state index in [1.165, 1.54) is 12.1 Å². The molecule has 10 heteroatoms. The minimum atomic E-state index is -4.68. The first-order valence-corrected chi connectivity index (χ1v) is 6.76. The highest BCUT2D eigenvalue weighted by Crippen LogP contribution is 2.36. The molecule has 0 aliphatic rings. The third-order valence-electron chi connectivity index (χ3n) is 2.65. The monoisotopic (exact) mass is 361 g/mol. The van der Waals surface area contributed by atoms with Gasteiger partial charge in [-0.15, -0.1) is 0 Å². The summed E-state index contributed by atoms with van der Waals surface area (Å²) >= 11 is 5.54. The number of hydrogen-bond donors (Lipinski definition) is 3. The number of nitrogens with one attached hydrogen (secondary N) is 2. The van der Waals surface area contributed by atoms with Crippen molar-refractivity contribution in [2.75, 3.05) is 11.9 Å². The molecule has 1 aromatic rings. The number of amides is 1. The summed E-state index contributed by atoms with van der Waals surface area (Å²) < 4.78 is 38.7. The van der Waals surface area contributed by atoms with E-state index in [1.807, 2.05) is 0 Å². The van der Waals surface area contributed by atoms with Gasteiger partial charge in [0.2, 0.25) is 0 Å². The number of carboxylic acids is 1. The van der Waals surface area contributed by atoms with Gasteiger partial charge in [0.25, 0.3) is 5.91 Å². The second kappa shape index (κ2) is 8.21. The molecule has 0 saturated carbocycles. The SMILES string of the molecule is N#C/C(=C/Nc1ccc(Cl)cc1C(F)(F)F)C(=O)NCCC(=O)O. The summed E-state index contributed by atoms with van der Waals surface area (Å²) in [5.41, 5.74) is -1.96. The second-order valence-corrected chi connectivity index (χ2v) is 4.84. The van der Waals surface area contributed by atoms with Crippen LogP contribution in [0.1, 0.15) is 12.0 Å². The van der Waals surface area contributed by atoms with Crippen LogP contribution in [0, 0.1) is 11.3 Å². The lowest BCUT2D eigenvalue weighted by Crippen LogP contribution is -2.27. The summed E-state index contributed by atoms with van der Waals surface area (Å²) in [5, 5.41) is 21.6. The summed E-state index contributed by atoms with van der Waals surface area (Å²) in [6.07, 6.45) is -4.24. The second-order valence-electron chi connectivity index (χ2n) is 4.40. The number of nitriles is 1. The van der Waals surface area contributed by atoms with Crippen LogP contribution >= 0.6 is 11.6 Å². The Kier molecular flexibility index (Phi) is 6.61. The van der Waals surface area contributed by atoms with Crippen molar-refractivity contribution < 1.29 is 27.9 Å². The highest BCUT2D eigenvalue weighted by Gasteiger charge is 2.33. The normalized spacial score (nSPS) is 11.5. The predicted molar refractivity (Wildman–Crippen MR) is 79.0 cm³/mol.